The Hall–Kier alpha value is -1.18. The molecule has 0 aromatic carbocycles. The highest BCUT2D eigenvalue weighted by atomic mass is 16.1. The number of rotatable bonds is 4. The molecule has 0 spiro atoms. The Bertz CT molecular complexity index is 472. The van der Waals surface area contributed by atoms with Crippen molar-refractivity contribution in [1.29, 1.82) is 0 Å². The molecule has 0 atom stereocenters. The quantitative estimate of drug-likeness (QED) is 0.832. The fourth-order valence-corrected chi connectivity index (χ4v) is 5.72. The molecular formula is C18H23NO. The van der Waals surface area contributed by atoms with Gasteiger partial charge in [-0.3, -0.25) is 9.78 Å². The molecule has 1 aromatic rings. The Kier molecular flexibility index (Phi) is 2.94. The normalized spacial score (nSPS) is 38.1. The minimum atomic E-state index is 0.388. The first-order valence-electron chi connectivity index (χ1n) is 8.11. The van der Waals surface area contributed by atoms with E-state index >= 15 is 0 Å². The number of pyridine rings is 1. The van der Waals surface area contributed by atoms with E-state index in [1.165, 1.54) is 38.5 Å². The lowest BCUT2D eigenvalue weighted by Gasteiger charge is -2.56. The summed E-state index contributed by atoms with van der Waals surface area (Å²) in [4.78, 5) is 16.5. The van der Waals surface area contributed by atoms with E-state index in [0.717, 1.165) is 29.7 Å². The molecule has 4 bridgehead atoms. The lowest BCUT2D eigenvalue weighted by atomic mass is 9.48. The summed E-state index contributed by atoms with van der Waals surface area (Å²) in [7, 11) is 0. The largest absolute Gasteiger partial charge is 0.299 e. The van der Waals surface area contributed by atoms with Crippen LogP contribution in [0.5, 0.6) is 0 Å². The number of carbonyl (C=O) groups excluding carboxylic acids is 1. The molecule has 2 heteroatoms. The summed E-state index contributed by atoms with van der Waals surface area (Å²) >= 11 is 0. The first-order valence-corrected chi connectivity index (χ1v) is 8.11. The van der Waals surface area contributed by atoms with Crippen LogP contribution in [0.25, 0.3) is 0 Å². The van der Waals surface area contributed by atoms with Gasteiger partial charge >= 0.3 is 0 Å². The molecule has 4 aliphatic carbocycles. The van der Waals surface area contributed by atoms with Crippen molar-refractivity contribution in [3.63, 3.8) is 0 Å². The van der Waals surface area contributed by atoms with Crippen LogP contribution in [0.1, 0.15) is 50.5 Å². The van der Waals surface area contributed by atoms with Crippen LogP contribution in [0.15, 0.2) is 24.5 Å². The maximum Gasteiger partial charge on any atom is 0.137 e. The minimum Gasteiger partial charge on any atom is -0.299 e. The molecular weight excluding hydrogens is 246 g/mol. The molecule has 2 nitrogen and oxygen atoms in total. The van der Waals surface area contributed by atoms with Gasteiger partial charge in [0, 0.05) is 25.2 Å². The monoisotopic (exact) mass is 269 g/mol. The van der Waals surface area contributed by atoms with Crippen LogP contribution >= 0.6 is 0 Å². The third-order valence-electron chi connectivity index (χ3n) is 5.89. The van der Waals surface area contributed by atoms with Crippen molar-refractivity contribution in [2.24, 2.45) is 23.2 Å². The summed E-state index contributed by atoms with van der Waals surface area (Å²) in [6, 6.07) is 3.94. The van der Waals surface area contributed by atoms with Crippen molar-refractivity contribution < 1.29 is 4.79 Å². The number of ketones is 1. The van der Waals surface area contributed by atoms with E-state index in [4.69, 9.17) is 0 Å². The van der Waals surface area contributed by atoms with Crippen molar-refractivity contribution in [1.82, 2.24) is 4.98 Å². The zero-order valence-electron chi connectivity index (χ0n) is 12.1. The number of carbonyl (C=O) groups is 1. The van der Waals surface area contributed by atoms with Crippen LogP contribution in [0.4, 0.5) is 0 Å². The van der Waals surface area contributed by atoms with Gasteiger partial charge in [0.05, 0.1) is 0 Å². The second-order valence-electron chi connectivity index (χ2n) is 7.67. The van der Waals surface area contributed by atoms with Crippen LogP contribution in [-0.2, 0) is 11.2 Å². The summed E-state index contributed by atoms with van der Waals surface area (Å²) < 4.78 is 0. The Balaban J connectivity index is 1.45. The molecule has 1 heterocycles. The molecule has 0 amide bonds. The fraction of sp³-hybridized carbons (Fsp3) is 0.667. The van der Waals surface area contributed by atoms with E-state index in [1.807, 2.05) is 12.1 Å². The molecule has 0 radical (unpaired) electrons. The predicted molar refractivity (Wildman–Crippen MR) is 78.2 cm³/mol. The van der Waals surface area contributed by atoms with Gasteiger partial charge in [0.1, 0.15) is 5.78 Å². The van der Waals surface area contributed by atoms with Crippen molar-refractivity contribution >= 4 is 5.78 Å². The number of aromatic nitrogens is 1. The van der Waals surface area contributed by atoms with Gasteiger partial charge in [-0.2, -0.15) is 0 Å². The molecule has 0 aliphatic heterocycles. The molecule has 0 N–H and O–H groups in total. The van der Waals surface area contributed by atoms with Gasteiger partial charge in [-0.15, -0.1) is 0 Å². The summed E-state index contributed by atoms with van der Waals surface area (Å²) in [5, 5.41) is 0. The summed E-state index contributed by atoms with van der Waals surface area (Å²) in [5.41, 5.74) is 1.51. The summed E-state index contributed by atoms with van der Waals surface area (Å²) in [6.45, 7) is 0. The zero-order valence-corrected chi connectivity index (χ0v) is 12.1. The van der Waals surface area contributed by atoms with E-state index in [2.05, 4.69) is 4.98 Å². The highest BCUT2D eigenvalue weighted by Gasteiger charge is 2.51. The molecule has 0 saturated heterocycles. The standard InChI is InChI=1S/C18H23NO/c20-17(8-13-1-3-19-4-2-13)12-18-9-14-5-15(10-18)7-16(6-14)11-18/h1-4,14-16H,5-12H2. The molecule has 20 heavy (non-hydrogen) atoms. The van der Waals surface area contributed by atoms with Crippen LogP contribution in [0.2, 0.25) is 0 Å². The molecule has 0 unspecified atom stereocenters. The van der Waals surface area contributed by atoms with Crippen LogP contribution in [0, 0.1) is 23.2 Å². The van der Waals surface area contributed by atoms with E-state index in [-0.39, 0.29) is 0 Å². The van der Waals surface area contributed by atoms with E-state index in [1.54, 1.807) is 12.4 Å². The lowest BCUT2D eigenvalue weighted by Crippen LogP contribution is -2.47. The average Bonchev–Trinajstić information content (AvgIpc) is 2.37. The Morgan fingerprint density at radius 3 is 2.15 bits per heavy atom. The van der Waals surface area contributed by atoms with Gasteiger partial charge in [0.25, 0.3) is 0 Å². The Morgan fingerprint density at radius 1 is 1.05 bits per heavy atom. The number of Topliss-reactive ketones (excluding diaryl/α,β-unsaturated/α-hetero) is 1. The van der Waals surface area contributed by atoms with Crippen molar-refractivity contribution in [2.45, 2.75) is 51.4 Å². The highest BCUT2D eigenvalue weighted by molar-refractivity contribution is 5.81. The van der Waals surface area contributed by atoms with Crippen LogP contribution in [-0.4, -0.2) is 10.8 Å². The van der Waals surface area contributed by atoms with Gasteiger partial charge in [-0.05, 0) is 79.4 Å². The number of hydrogen-bond acceptors (Lipinski definition) is 2. The van der Waals surface area contributed by atoms with Crippen molar-refractivity contribution in [2.75, 3.05) is 0 Å². The second kappa shape index (κ2) is 4.68. The Labute approximate surface area is 121 Å². The smallest absolute Gasteiger partial charge is 0.137 e. The van der Waals surface area contributed by atoms with Crippen molar-refractivity contribution in [3.05, 3.63) is 30.1 Å². The van der Waals surface area contributed by atoms with Gasteiger partial charge in [0.15, 0.2) is 0 Å². The highest BCUT2D eigenvalue weighted by Crippen LogP contribution is 2.61. The fourth-order valence-electron chi connectivity index (χ4n) is 5.72. The molecule has 4 fully saturated rings. The lowest BCUT2D eigenvalue weighted by molar-refractivity contribution is -0.126. The van der Waals surface area contributed by atoms with Gasteiger partial charge in [-0.25, -0.2) is 0 Å². The van der Waals surface area contributed by atoms with Gasteiger partial charge in [-0.1, -0.05) is 0 Å². The van der Waals surface area contributed by atoms with Crippen molar-refractivity contribution in [3.8, 4) is 0 Å². The van der Waals surface area contributed by atoms with Gasteiger partial charge in [0.2, 0.25) is 0 Å². The van der Waals surface area contributed by atoms with Crippen LogP contribution in [0.3, 0.4) is 0 Å². The maximum atomic E-state index is 12.5. The number of nitrogens with zero attached hydrogens (tertiary/aromatic N) is 1. The van der Waals surface area contributed by atoms with E-state index < -0.39 is 0 Å². The first-order chi connectivity index (χ1) is 9.71. The third-order valence-corrected chi connectivity index (χ3v) is 5.89. The van der Waals surface area contributed by atoms with Crippen LogP contribution < -0.4 is 0 Å². The summed E-state index contributed by atoms with van der Waals surface area (Å²) in [5.74, 6) is 3.26. The SMILES string of the molecule is O=C(Cc1ccncc1)CC12CC3CC(CC(C3)C1)C2. The van der Waals surface area contributed by atoms with E-state index in [0.29, 0.717) is 17.6 Å². The topological polar surface area (TPSA) is 30.0 Å². The second-order valence-corrected chi connectivity index (χ2v) is 7.67. The maximum absolute atomic E-state index is 12.5. The third kappa shape index (κ3) is 2.30. The molecule has 1 aromatic heterocycles. The molecule has 106 valence electrons. The Morgan fingerprint density at radius 2 is 1.60 bits per heavy atom. The zero-order chi connectivity index (χ0) is 13.6. The minimum absolute atomic E-state index is 0.388. The predicted octanol–water partition coefficient (Wildman–Crippen LogP) is 3.80. The molecule has 4 aliphatic rings. The van der Waals surface area contributed by atoms with Gasteiger partial charge < -0.3 is 0 Å². The van der Waals surface area contributed by atoms with E-state index in [9.17, 15) is 4.79 Å². The summed E-state index contributed by atoms with van der Waals surface area (Å²) in [6.07, 6.45) is 13.4. The average molecular weight is 269 g/mol. The molecule has 5 rings (SSSR count). The number of hydrogen-bond donors (Lipinski definition) is 0. The first kappa shape index (κ1) is 12.6. The molecule has 4 saturated carbocycles.